The zero-order chi connectivity index (χ0) is 15.9. The molecule has 4 nitrogen and oxygen atoms in total. The van der Waals surface area contributed by atoms with E-state index in [1.165, 1.54) is 12.0 Å². The molecule has 2 rings (SSSR count). The Labute approximate surface area is 134 Å². The molecule has 0 aromatic heterocycles. The molecule has 1 saturated heterocycles. The number of rotatable bonds is 6. The number of carbonyl (C=O) groups excluding carboxylic acids is 1. The summed E-state index contributed by atoms with van der Waals surface area (Å²) in [6, 6.07) is 10.4. The second-order valence-electron chi connectivity index (χ2n) is 6.28. The van der Waals surface area contributed by atoms with Gasteiger partial charge in [0.25, 0.3) is 0 Å². The summed E-state index contributed by atoms with van der Waals surface area (Å²) in [5.41, 5.74) is 7.14. The maximum absolute atomic E-state index is 12.3. The van der Waals surface area contributed by atoms with Gasteiger partial charge in [-0.2, -0.15) is 0 Å². The first-order valence-electron chi connectivity index (χ1n) is 8.44. The second-order valence-corrected chi connectivity index (χ2v) is 6.28. The zero-order valence-corrected chi connectivity index (χ0v) is 13.9. The molecular formula is C18H29N3O. The fourth-order valence-electron chi connectivity index (χ4n) is 3.19. The van der Waals surface area contributed by atoms with Crippen molar-refractivity contribution in [2.24, 2.45) is 5.73 Å². The number of amides is 1. The average Bonchev–Trinajstić information content (AvgIpc) is 2.55. The number of benzene rings is 1. The van der Waals surface area contributed by atoms with Crippen LogP contribution in [0.25, 0.3) is 0 Å². The molecule has 2 atom stereocenters. The minimum atomic E-state index is -0.398. The van der Waals surface area contributed by atoms with E-state index in [1.807, 2.05) is 11.0 Å². The minimum Gasteiger partial charge on any atom is -0.337 e. The van der Waals surface area contributed by atoms with E-state index in [-0.39, 0.29) is 5.91 Å². The van der Waals surface area contributed by atoms with Gasteiger partial charge >= 0.3 is 0 Å². The minimum absolute atomic E-state index is 0.0977. The lowest BCUT2D eigenvalue weighted by molar-refractivity contribution is -0.136. The molecule has 122 valence electrons. The van der Waals surface area contributed by atoms with Crippen molar-refractivity contribution in [1.29, 1.82) is 0 Å². The maximum Gasteiger partial charge on any atom is 0.239 e. The van der Waals surface area contributed by atoms with Crippen LogP contribution < -0.4 is 5.73 Å². The predicted molar refractivity (Wildman–Crippen MR) is 90.4 cm³/mol. The highest BCUT2D eigenvalue weighted by Gasteiger charge is 2.29. The van der Waals surface area contributed by atoms with Crippen molar-refractivity contribution in [3.8, 4) is 0 Å². The summed E-state index contributed by atoms with van der Waals surface area (Å²) >= 11 is 0. The molecule has 1 aliphatic heterocycles. The summed E-state index contributed by atoms with van der Waals surface area (Å²) in [5.74, 6) is 0.0977. The topological polar surface area (TPSA) is 49.6 Å². The normalized spacial score (nSPS) is 20.2. The lowest BCUT2D eigenvalue weighted by Crippen LogP contribution is -2.53. The molecular weight excluding hydrogens is 274 g/mol. The first kappa shape index (κ1) is 17.0. The van der Waals surface area contributed by atoms with Gasteiger partial charge in [0.1, 0.15) is 0 Å². The quantitative estimate of drug-likeness (QED) is 0.877. The summed E-state index contributed by atoms with van der Waals surface area (Å²) in [6.45, 7) is 7.69. The number of piperidine rings is 1. The van der Waals surface area contributed by atoms with Gasteiger partial charge in [-0.05, 0) is 38.3 Å². The van der Waals surface area contributed by atoms with E-state index < -0.39 is 6.04 Å². The van der Waals surface area contributed by atoms with Gasteiger partial charge in [-0.3, -0.25) is 9.69 Å². The van der Waals surface area contributed by atoms with Crippen molar-refractivity contribution in [2.45, 2.75) is 51.7 Å². The van der Waals surface area contributed by atoms with Crippen molar-refractivity contribution >= 4 is 5.91 Å². The van der Waals surface area contributed by atoms with Crippen LogP contribution >= 0.6 is 0 Å². The van der Waals surface area contributed by atoms with Crippen LogP contribution in [0.3, 0.4) is 0 Å². The Bertz CT molecular complexity index is 461. The first-order chi connectivity index (χ1) is 10.6. The highest BCUT2D eigenvalue weighted by atomic mass is 16.2. The van der Waals surface area contributed by atoms with Crippen LogP contribution in [-0.4, -0.2) is 47.4 Å². The number of carbonyl (C=O) groups is 1. The van der Waals surface area contributed by atoms with Crippen LogP contribution in [0.2, 0.25) is 0 Å². The van der Waals surface area contributed by atoms with Crippen molar-refractivity contribution < 1.29 is 4.79 Å². The third kappa shape index (κ3) is 4.55. The van der Waals surface area contributed by atoms with Gasteiger partial charge in [0.15, 0.2) is 0 Å². The van der Waals surface area contributed by atoms with Gasteiger partial charge in [-0.1, -0.05) is 37.3 Å². The van der Waals surface area contributed by atoms with Gasteiger partial charge < -0.3 is 10.6 Å². The van der Waals surface area contributed by atoms with E-state index in [9.17, 15) is 4.79 Å². The van der Waals surface area contributed by atoms with Crippen LogP contribution in [-0.2, 0) is 11.3 Å². The van der Waals surface area contributed by atoms with Crippen LogP contribution in [0, 0.1) is 0 Å². The molecule has 0 radical (unpaired) electrons. The van der Waals surface area contributed by atoms with E-state index in [0.29, 0.717) is 6.04 Å². The van der Waals surface area contributed by atoms with Crippen LogP contribution in [0.15, 0.2) is 30.3 Å². The molecule has 0 saturated carbocycles. The lowest BCUT2D eigenvalue weighted by Gasteiger charge is -2.39. The van der Waals surface area contributed by atoms with Gasteiger partial charge in [-0.15, -0.1) is 0 Å². The predicted octanol–water partition coefficient (Wildman–Crippen LogP) is 2.24. The largest absolute Gasteiger partial charge is 0.337 e. The third-order valence-corrected chi connectivity index (χ3v) is 4.46. The molecule has 4 heteroatoms. The average molecular weight is 303 g/mol. The first-order valence-corrected chi connectivity index (χ1v) is 8.44. The standard InChI is InChI=1S/C18H29N3O/c1-3-20(13-16-9-5-4-6-10-16)14-17-11-7-8-12-21(17)18(22)15(2)19/h4-6,9-10,15,17H,3,7-8,11-14,19H2,1-2H3/t15-,17+/m0/s1. The van der Waals surface area contributed by atoms with Crippen molar-refractivity contribution in [3.05, 3.63) is 35.9 Å². The Morgan fingerprint density at radius 3 is 2.73 bits per heavy atom. The summed E-state index contributed by atoms with van der Waals surface area (Å²) in [4.78, 5) is 16.8. The Morgan fingerprint density at radius 1 is 1.36 bits per heavy atom. The highest BCUT2D eigenvalue weighted by molar-refractivity contribution is 5.81. The van der Waals surface area contributed by atoms with Crippen LogP contribution in [0.1, 0.15) is 38.7 Å². The van der Waals surface area contributed by atoms with Gasteiger partial charge in [0, 0.05) is 25.7 Å². The SMILES string of the molecule is CCN(Cc1ccccc1)C[C@H]1CCCCN1C(=O)[C@H](C)N. The van der Waals surface area contributed by atoms with E-state index in [4.69, 9.17) is 5.73 Å². The second kappa shape index (κ2) is 8.30. The van der Waals surface area contributed by atoms with Crippen LogP contribution in [0.4, 0.5) is 0 Å². The molecule has 1 aliphatic rings. The Morgan fingerprint density at radius 2 is 2.09 bits per heavy atom. The number of likely N-dealkylation sites (tertiary alicyclic amines) is 1. The number of hydrogen-bond donors (Lipinski definition) is 1. The Kier molecular flexibility index (Phi) is 6.40. The van der Waals surface area contributed by atoms with E-state index in [0.717, 1.165) is 39.0 Å². The number of nitrogens with two attached hydrogens (primary N) is 1. The molecule has 0 unspecified atom stereocenters. The van der Waals surface area contributed by atoms with Crippen LogP contribution in [0.5, 0.6) is 0 Å². The summed E-state index contributed by atoms with van der Waals surface area (Å²) in [6.07, 6.45) is 3.39. The highest BCUT2D eigenvalue weighted by Crippen LogP contribution is 2.19. The Balaban J connectivity index is 1.99. The van der Waals surface area contributed by atoms with Crippen molar-refractivity contribution in [1.82, 2.24) is 9.80 Å². The molecule has 0 bridgehead atoms. The lowest BCUT2D eigenvalue weighted by atomic mass is 10.00. The molecule has 22 heavy (non-hydrogen) atoms. The summed E-state index contributed by atoms with van der Waals surface area (Å²) in [5, 5.41) is 0. The number of likely N-dealkylation sites (N-methyl/N-ethyl adjacent to an activating group) is 1. The van der Waals surface area contributed by atoms with Gasteiger partial charge in [-0.25, -0.2) is 0 Å². The van der Waals surface area contributed by atoms with E-state index in [1.54, 1.807) is 6.92 Å². The molecule has 1 aromatic rings. The number of nitrogens with zero attached hydrogens (tertiary/aromatic N) is 2. The van der Waals surface area contributed by atoms with Gasteiger partial charge in [0.05, 0.1) is 6.04 Å². The Hall–Kier alpha value is -1.39. The summed E-state index contributed by atoms with van der Waals surface area (Å²) < 4.78 is 0. The molecule has 1 heterocycles. The molecule has 1 amide bonds. The monoisotopic (exact) mass is 303 g/mol. The molecule has 1 aromatic carbocycles. The molecule has 1 fully saturated rings. The fourth-order valence-corrected chi connectivity index (χ4v) is 3.19. The maximum atomic E-state index is 12.3. The fraction of sp³-hybridized carbons (Fsp3) is 0.611. The molecule has 0 aliphatic carbocycles. The van der Waals surface area contributed by atoms with Gasteiger partial charge in [0.2, 0.25) is 5.91 Å². The van der Waals surface area contributed by atoms with Crippen molar-refractivity contribution in [2.75, 3.05) is 19.6 Å². The molecule has 0 spiro atoms. The zero-order valence-electron chi connectivity index (χ0n) is 13.9. The number of hydrogen-bond acceptors (Lipinski definition) is 3. The smallest absolute Gasteiger partial charge is 0.239 e. The third-order valence-electron chi connectivity index (χ3n) is 4.46. The van der Waals surface area contributed by atoms with Crippen molar-refractivity contribution in [3.63, 3.8) is 0 Å². The molecule has 2 N–H and O–H groups in total. The van der Waals surface area contributed by atoms with E-state index >= 15 is 0 Å². The van der Waals surface area contributed by atoms with E-state index in [2.05, 4.69) is 36.1 Å². The summed E-state index contributed by atoms with van der Waals surface area (Å²) in [7, 11) is 0.